The van der Waals surface area contributed by atoms with Gasteiger partial charge >= 0.3 is 0 Å². The highest BCUT2D eigenvalue weighted by molar-refractivity contribution is 6.30. The minimum atomic E-state index is -0.00349. The third kappa shape index (κ3) is 3.75. The maximum absolute atomic E-state index is 8.75. The van der Waals surface area contributed by atoms with Crippen LogP contribution in [0.3, 0.4) is 0 Å². The van der Waals surface area contributed by atoms with Gasteiger partial charge < -0.3 is 20.4 Å². The Bertz CT molecular complexity index is 459. The molecule has 1 fully saturated rings. The highest BCUT2D eigenvalue weighted by Gasteiger charge is 2.16. The molecular formula is C13H17ClN2O3. The van der Waals surface area contributed by atoms with Crippen LogP contribution < -0.4 is 10.5 Å². The number of halogens is 1. The molecular weight excluding hydrogens is 268 g/mol. The molecule has 0 radical (unpaired) electrons. The van der Waals surface area contributed by atoms with Gasteiger partial charge in [-0.25, -0.2) is 0 Å². The molecule has 1 aliphatic rings. The average Bonchev–Trinajstić information content (AvgIpc) is 2.45. The van der Waals surface area contributed by atoms with Crippen LogP contribution in [0.2, 0.25) is 5.02 Å². The van der Waals surface area contributed by atoms with Crippen molar-refractivity contribution < 1.29 is 14.7 Å². The molecule has 1 aromatic rings. The van der Waals surface area contributed by atoms with Gasteiger partial charge in [-0.1, -0.05) is 16.8 Å². The van der Waals surface area contributed by atoms with E-state index in [1.165, 1.54) is 0 Å². The normalized spacial score (nSPS) is 20.3. The van der Waals surface area contributed by atoms with Gasteiger partial charge in [0.25, 0.3) is 0 Å². The highest BCUT2D eigenvalue weighted by atomic mass is 35.5. The number of rotatable bonds is 4. The maximum Gasteiger partial charge on any atom is 0.173 e. The first-order valence-electron chi connectivity index (χ1n) is 6.22. The molecule has 1 atom stereocenters. The lowest BCUT2D eigenvalue weighted by Gasteiger charge is -2.23. The van der Waals surface area contributed by atoms with E-state index < -0.39 is 0 Å². The summed E-state index contributed by atoms with van der Waals surface area (Å²) in [4.78, 5) is 0. The van der Waals surface area contributed by atoms with Gasteiger partial charge in [0.15, 0.2) is 5.84 Å². The lowest BCUT2D eigenvalue weighted by Crippen LogP contribution is -2.26. The molecule has 104 valence electrons. The second-order valence-electron chi connectivity index (χ2n) is 4.43. The number of amidine groups is 1. The van der Waals surface area contributed by atoms with Crippen molar-refractivity contribution in [2.24, 2.45) is 10.9 Å². The number of ether oxygens (including phenoxy) is 2. The topological polar surface area (TPSA) is 77.1 Å². The SMILES string of the molecule is NC(=NO)c1ccc(Cl)cc1OCC1CCCCO1. The first-order chi connectivity index (χ1) is 9.20. The average molecular weight is 285 g/mol. The van der Waals surface area contributed by atoms with E-state index in [0.29, 0.717) is 22.9 Å². The quantitative estimate of drug-likeness (QED) is 0.385. The Morgan fingerprint density at radius 1 is 1.53 bits per heavy atom. The van der Waals surface area contributed by atoms with E-state index in [1.54, 1.807) is 18.2 Å². The van der Waals surface area contributed by atoms with Crippen LogP contribution in [0.25, 0.3) is 0 Å². The number of nitrogens with zero attached hydrogens (tertiary/aromatic N) is 1. The Hall–Kier alpha value is -1.46. The lowest BCUT2D eigenvalue weighted by molar-refractivity contribution is -0.0111. The third-order valence-electron chi connectivity index (χ3n) is 3.03. The van der Waals surface area contributed by atoms with Gasteiger partial charge in [0.1, 0.15) is 12.4 Å². The molecule has 0 bridgehead atoms. The zero-order valence-corrected chi connectivity index (χ0v) is 11.3. The lowest BCUT2D eigenvalue weighted by atomic mass is 10.1. The minimum Gasteiger partial charge on any atom is -0.490 e. The summed E-state index contributed by atoms with van der Waals surface area (Å²) in [5.74, 6) is 0.494. The molecule has 5 nitrogen and oxygen atoms in total. The van der Waals surface area contributed by atoms with Crippen molar-refractivity contribution in [2.45, 2.75) is 25.4 Å². The van der Waals surface area contributed by atoms with Crippen molar-refractivity contribution in [3.05, 3.63) is 28.8 Å². The monoisotopic (exact) mass is 284 g/mol. The Kier molecular flexibility index (Phi) is 4.87. The van der Waals surface area contributed by atoms with E-state index in [4.69, 9.17) is 32.0 Å². The van der Waals surface area contributed by atoms with Crippen molar-refractivity contribution in [1.29, 1.82) is 0 Å². The van der Waals surface area contributed by atoms with Gasteiger partial charge in [0.05, 0.1) is 11.7 Å². The van der Waals surface area contributed by atoms with Gasteiger partial charge in [0, 0.05) is 11.6 Å². The molecule has 1 aliphatic heterocycles. The van der Waals surface area contributed by atoms with Crippen molar-refractivity contribution in [3.8, 4) is 5.75 Å². The molecule has 0 spiro atoms. The van der Waals surface area contributed by atoms with Crippen molar-refractivity contribution in [3.63, 3.8) is 0 Å². The highest BCUT2D eigenvalue weighted by Crippen LogP contribution is 2.24. The van der Waals surface area contributed by atoms with Crippen LogP contribution in [-0.4, -0.2) is 30.4 Å². The number of benzene rings is 1. The van der Waals surface area contributed by atoms with Crippen LogP contribution in [0.4, 0.5) is 0 Å². The van der Waals surface area contributed by atoms with Gasteiger partial charge in [-0.15, -0.1) is 0 Å². The predicted octanol–water partition coefficient (Wildman–Crippen LogP) is 2.38. The van der Waals surface area contributed by atoms with E-state index in [-0.39, 0.29) is 11.9 Å². The smallest absolute Gasteiger partial charge is 0.173 e. The summed E-state index contributed by atoms with van der Waals surface area (Å²) < 4.78 is 11.3. The first kappa shape index (κ1) is 14.0. The molecule has 6 heteroatoms. The van der Waals surface area contributed by atoms with Crippen LogP contribution in [-0.2, 0) is 4.74 Å². The molecule has 1 aromatic carbocycles. The molecule has 0 aliphatic carbocycles. The number of hydrogen-bond acceptors (Lipinski definition) is 4. The molecule has 0 saturated carbocycles. The van der Waals surface area contributed by atoms with E-state index >= 15 is 0 Å². The Morgan fingerprint density at radius 2 is 2.37 bits per heavy atom. The third-order valence-corrected chi connectivity index (χ3v) is 3.26. The largest absolute Gasteiger partial charge is 0.490 e. The van der Waals surface area contributed by atoms with Crippen molar-refractivity contribution >= 4 is 17.4 Å². The van der Waals surface area contributed by atoms with Crippen LogP contribution in [0.1, 0.15) is 24.8 Å². The second kappa shape index (κ2) is 6.63. The second-order valence-corrected chi connectivity index (χ2v) is 4.86. The fourth-order valence-electron chi connectivity index (χ4n) is 2.00. The van der Waals surface area contributed by atoms with Crippen LogP contribution in [0.5, 0.6) is 5.75 Å². The van der Waals surface area contributed by atoms with Crippen LogP contribution in [0, 0.1) is 0 Å². The Morgan fingerprint density at radius 3 is 3.05 bits per heavy atom. The fraction of sp³-hybridized carbons (Fsp3) is 0.462. The van der Waals surface area contributed by atoms with Gasteiger partial charge in [-0.05, 0) is 37.5 Å². The van der Waals surface area contributed by atoms with E-state index in [9.17, 15) is 0 Å². The molecule has 1 heterocycles. The zero-order valence-electron chi connectivity index (χ0n) is 10.5. The molecule has 0 amide bonds. The van der Waals surface area contributed by atoms with Gasteiger partial charge in [-0.2, -0.15) is 0 Å². The molecule has 19 heavy (non-hydrogen) atoms. The molecule has 0 aromatic heterocycles. The summed E-state index contributed by atoms with van der Waals surface area (Å²) in [6, 6.07) is 4.98. The predicted molar refractivity (Wildman–Crippen MR) is 73.0 cm³/mol. The summed E-state index contributed by atoms with van der Waals surface area (Å²) >= 11 is 5.93. The summed E-state index contributed by atoms with van der Waals surface area (Å²) in [6.07, 6.45) is 3.33. The van der Waals surface area contributed by atoms with Crippen molar-refractivity contribution in [1.82, 2.24) is 0 Å². The fourth-order valence-corrected chi connectivity index (χ4v) is 2.16. The molecule has 1 unspecified atom stereocenters. The number of hydrogen-bond donors (Lipinski definition) is 2. The summed E-state index contributed by atoms with van der Waals surface area (Å²) in [6.45, 7) is 1.21. The minimum absolute atomic E-state index is 0.00349. The zero-order chi connectivity index (χ0) is 13.7. The number of oxime groups is 1. The maximum atomic E-state index is 8.75. The summed E-state index contributed by atoms with van der Waals surface area (Å²) in [5, 5.41) is 12.3. The van der Waals surface area contributed by atoms with E-state index in [0.717, 1.165) is 25.9 Å². The van der Waals surface area contributed by atoms with Crippen molar-refractivity contribution in [2.75, 3.05) is 13.2 Å². The number of nitrogens with two attached hydrogens (primary N) is 1. The molecule has 3 N–H and O–H groups in total. The molecule has 2 rings (SSSR count). The van der Waals surface area contributed by atoms with Gasteiger partial charge in [0.2, 0.25) is 0 Å². The first-order valence-corrected chi connectivity index (χ1v) is 6.60. The Balaban J connectivity index is 2.07. The Labute approximate surface area is 116 Å². The van der Waals surface area contributed by atoms with E-state index in [2.05, 4.69) is 5.16 Å². The molecule has 1 saturated heterocycles. The summed E-state index contributed by atoms with van der Waals surface area (Å²) in [5.41, 5.74) is 6.12. The summed E-state index contributed by atoms with van der Waals surface area (Å²) in [7, 11) is 0. The van der Waals surface area contributed by atoms with E-state index in [1.807, 2.05) is 0 Å². The van der Waals surface area contributed by atoms with Crippen LogP contribution >= 0.6 is 11.6 Å². The van der Waals surface area contributed by atoms with Crippen LogP contribution in [0.15, 0.2) is 23.4 Å². The van der Waals surface area contributed by atoms with Gasteiger partial charge in [-0.3, -0.25) is 0 Å². The standard InChI is InChI=1S/C13H17ClN2O3/c14-9-4-5-11(13(15)16-17)12(7-9)19-8-10-3-1-2-6-18-10/h4-5,7,10,17H,1-3,6,8H2,(H2,15,16).